The van der Waals surface area contributed by atoms with Gasteiger partial charge < -0.3 is 24.8 Å². The fraction of sp³-hybridized carbons (Fsp3) is 0.565. The molecule has 1 unspecified atom stereocenters. The first-order chi connectivity index (χ1) is 14.4. The van der Waals surface area contributed by atoms with Crippen LogP contribution in [-0.2, 0) is 9.53 Å². The monoisotopic (exact) mass is 418 g/mol. The summed E-state index contributed by atoms with van der Waals surface area (Å²) in [6.07, 6.45) is 3.08. The van der Waals surface area contributed by atoms with E-state index in [2.05, 4.69) is 17.6 Å². The molecule has 166 valence electrons. The second kappa shape index (κ2) is 11.5. The Morgan fingerprint density at radius 2 is 1.87 bits per heavy atom. The lowest BCUT2D eigenvalue weighted by molar-refractivity contribution is -0.143. The number of hydrogen-bond donors (Lipinski definition) is 2. The van der Waals surface area contributed by atoms with Gasteiger partial charge in [-0.25, -0.2) is 9.59 Å². The number of carbonyl (C=O) groups is 2. The van der Waals surface area contributed by atoms with Crippen LogP contribution in [0.3, 0.4) is 0 Å². The van der Waals surface area contributed by atoms with E-state index in [4.69, 9.17) is 14.2 Å². The lowest BCUT2D eigenvalue weighted by atomic mass is 9.93. The molecule has 2 rings (SSSR count). The molecule has 1 aromatic rings. The van der Waals surface area contributed by atoms with E-state index < -0.39 is 12.0 Å². The summed E-state index contributed by atoms with van der Waals surface area (Å²) in [7, 11) is 0. The Bertz CT molecular complexity index is 773. The number of urea groups is 1. The van der Waals surface area contributed by atoms with Crippen LogP contribution in [0.15, 0.2) is 29.5 Å². The van der Waals surface area contributed by atoms with E-state index >= 15 is 0 Å². The summed E-state index contributed by atoms with van der Waals surface area (Å²) in [5.74, 6) is 0.804. The van der Waals surface area contributed by atoms with Gasteiger partial charge in [-0.15, -0.1) is 0 Å². The maximum absolute atomic E-state index is 12.9. The van der Waals surface area contributed by atoms with E-state index in [0.29, 0.717) is 42.4 Å². The lowest BCUT2D eigenvalue weighted by Crippen LogP contribution is -2.46. The molecule has 0 spiro atoms. The number of benzene rings is 1. The topological polar surface area (TPSA) is 85.9 Å². The molecular formula is C23H34N2O5. The number of ether oxygens (including phenoxy) is 3. The van der Waals surface area contributed by atoms with E-state index in [1.807, 2.05) is 32.0 Å². The third-order valence-electron chi connectivity index (χ3n) is 4.57. The first-order valence-corrected chi connectivity index (χ1v) is 10.8. The Balaban J connectivity index is 2.46. The molecule has 1 heterocycles. The molecular weight excluding hydrogens is 384 g/mol. The summed E-state index contributed by atoms with van der Waals surface area (Å²) in [5.41, 5.74) is 1.76. The van der Waals surface area contributed by atoms with Gasteiger partial charge in [0.25, 0.3) is 0 Å². The van der Waals surface area contributed by atoms with Gasteiger partial charge in [-0.1, -0.05) is 32.8 Å². The molecule has 7 nitrogen and oxygen atoms in total. The molecule has 1 atom stereocenters. The maximum Gasteiger partial charge on any atom is 0.338 e. The van der Waals surface area contributed by atoms with Gasteiger partial charge in [0.15, 0.2) is 11.5 Å². The van der Waals surface area contributed by atoms with Crippen molar-refractivity contribution in [2.24, 2.45) is 0 Å². The highest BCUT2D eigenvalue weighted by molar-refractivity contribution is 5.95. The quantitative estimate of drug-likeness (QED) is 0.404. The Hall–Kier alpha value is -2.70. The van der Waals surface area contributed by atoms with Crippen molar-refractivity contribution in [2.75, 3.05) is 13.2 Å². The summed E-state index contributed by atoms with van der Waals surface area (Å²) in [6.45, 7) is 10.7. The Morgan fingerprint density at radius 1 is 1.10 bits per heavy atom. The number of carbonyl (C=O) groups excluding carboxylic acids is 2. The van der Waals surface area contributed by atoms with Crippen LogP contribution in [0.4, 0.5) is 4.79 Å². The van der Waals surface area contributed by atoms with Gasteiger partial charge in [-0.2, -0.15) is 0 Å². The Labute approximate surface area is 179 Å². The third-order valence-corrected chi connectivity index (χ3v) is 4.57. The fourth-order valence-electron chi connectivity index (χ4n) is 3.25. The average molecular weight is 419 g/mol. The van der Waals surface area contributed by atoms with Gasteiger partial charge in [0.05, 0.1) is 30.9 Å². The number of allylic oxidation sites excluding steroid dienone is 1. The minimum absolute atomic E-state index is 0.264. The molecule has 2 N–H and O–H groups in total. The van der Waals surface area contributed by atoms with Crippen LogP contribution in [-0.4, -0.2) is 31.3 Å². The first-order valence-electron chi connectivity index (χ1n) is 10.8. The second-order valence-electron chi connectivity index (χ2n) is 7.47. The SMILES string of the molecule is CCCCOc1ccc(C2NC(=O)NC(CCC)=C2C(=O)OC(C)C)cc1OCC. The van der Waals surface area contributed by atoms with Crippen molar-refractivity contribution in [1.82, 2.24) is 10.6 Å². The molecule has 0 aromatic heterocycles. The van der Waals surface area contributed by atoms with Crippen LogP contribution < -0.4 is 20.1 Å². The van der Waals surface area contributed by atoms with Crippen LogP contribution in [0.5, 0.6) is 11.5 Å². The van der Waals surface area contributed by atoms with Gasteiger partial charge in [0, 0.05) is 5.70 Å². The van der Waals surface area contributed by atoms with Gasteiger partial charge >= 0.3 is 12.0 Å². The van der Waals surface area contributed by atoms with Crippen molar-refractivity contribution in [3.8, 4) is 11.5 Å². The molecule has 1 aliphatic rings. The van der Waals surface area contributed by atoms with Gasteiger partial charge in [0.2, 0.25) is 0 Å². The van der Waals surface area contributed by atoms with Crippen LogP contribution in [0.25, 0.3) is 0 Å². The number of rotatable bonds is 11. The number of unbranched alkanes of at least 4 members (excludes halogenated alkanes) is 1. The number of esters is 1. The first kappa shape index (κ1) is 23.6. The maximum atomic E-state index is 12.9. The highest BCUT2D eigenvalue weighted by Crippen LogP contribution is 2.35. The minimum Gasteiger partial charge on any atom is -0.490 e. The summed E-state index contributed by atoms with van der Waals surface area (Å²) in [5, 5.41) is 5.64. The molecule has 7 heteroatoms. The number of hydrogen-bond acceptors (Lipinski definition) is 5. The normalized spacial score (nSPS) is 16.2. The summed E-state index contributed by atoms with van der Waals surface area (Å²) in [4.78, 5) is 25.2. The summed E-state index contributed by atoms with van der Waals surface area (Å²) in [6, 6.07) is 4.54. The van der Waals surface area contributed by atoms with Crippen molar-refractivity contribution in [1.29, 1.82) is 0 Å². The predicted molar refractivity (Wildman–Crippen MR) is 116 cm³/mol. The zero-order valence-electron chi connectivity index (χ0n) is 18.7. The second-order valence-corrected chi connectivity index (χ2v) is 7.47. The number of nitrogens with one attached hydrogen (secondary N) is 2. The van der Waals surface area contributed by atoms with E-state index in [0.717, 1.165) is 24.8 Å². The standard InChI is InChI=1S/C23H34N2O5/c1-6-9-13-29-18-12-11-16(14-19(18)28-8-3)21-20(22(26)30-15(4)5)17(10-7-2)24-23(27)25-21/h11-12,14-15,21H,6-10,13H2,1-5H3,(H2,24,25,27). The molecule has 1 aliphatic heterocycles. The van der Waals surface area contributed by atoms with Gasteiger partial charge in [-0.3, -0.25) is 0 Å². The third kappa shape index (κ3) is 6.15. The molecule has 0 saturated carbocycles. The highest BCUT2D eigenvalue weighted by Gasteiger charge is 2.34. The molecule has 0 fully saturated rings. The summed E-state index contributed by atoms with van der Waals surface area (Å²) < 4.78 is 17.1. The van der Waals surface area contributed by atoms with E-state index in [1.54, 1.807) is 13.8 Å². The predicted octanol–water partition coefficient (Wildman–Crippen LogP) is 4.62. The lowest BCUT2D eigenvalue weighted by Gasteiger charge is -2.30. The molecule has 2 amide bonds. The zero-order chi connectivity index (χ0) is 22.1. The van der Waals surface area contributed by atoms with E-state index in [-0.39, 0.29) is 12.1 Å². The van der Waals surface area contributed by atoms with Crippen molar-refractivity contribution in [3.63, 3.8) is 0 Å². The van der Waals surface area contributed by atoms with Gasteiger partial charge in [-0.05, 0) is 51.3 Å². The van der Waals surface area contributed by atoms with Crippen LogP contribution >= 0.6 is 0 Å². The largest absolute Gasteiger partial charge is 0.490 e. The number of amides is 2. The molecule has 1 aromatic carbocycles. The van der Waals surface area contributed by atoms with Crippen LogP contribution in [0.1, 0.15) is 71.9 Å². The minimum atomic E-state index is -0.629. The summed E-state index contributed by atoms with van der Waals surface area (Å²) >= 11 is 0. The molecule has 0 aliphatic carbocycles. The van der Waals surface area contributed by atoms with Crippen LogP contribution in [0, 0.1) is 0 Å². The van der Waals surface area contributed by atoms with E-state index in [1.165, 1.54) is 0 Å². The molecule has 0 saturated heterocycles. The van der Waals surface area contributed by atoms with Crippen molar-refractivity contribution < 1.29 is 23.8 Å². The van der Waals surface area contributed by atoms with Crippen molar-refractivity contribution in [2.45, 2.75) is 72.4 Å². The van der Waals surface area contributed by atoms with Crippen molar-refractivity contribution >= 4 is 12.0 Å². The average Bonchev–Trinajstić information content (AvgIpc) is 2.68. The van der Waals surface area contributed by atoms with Crippen LogP contribution in [0.2, 0.25) is 0 Å². The zero-order valence-corrected chi connectivity index (χ0v) is 18.7. The smallest absolute Gasteiger partial charge is 0.338 e. The molecule has 30 heavy (non-hydrogen) atoms. The fourth-order valence-corrected chi connectivity index (χ4v) is 3.25. The van der Waals surface area contributed by atoms with Crippen molar-refractivity contribution in [3.05, 3.63) is 35.0 Å². The molecule has 0 bridgehead atoms. The highest BCUT2D eigenvalue weighted by atomic mass is 16.5. The Kier molecular flexibility index (Phi) is 9.02. The molecule has 0 radical (unpaired) electrons. The Morgan fingerprint density at radius 3 is 2.50 bits per heavy atom. The van der Waals surface area contributed by atoms with Gasteiger partial charge in [0.1, 0.15) is 0 Å². The van der Waals surface area contributed by atoms with E-state index in [9.17, 15) is 9.59 Å².